The number of carbonyl (C=O) groups excluding carboxylic acids is 1. The highest BCUT2D eigenvalue weighted by Crippen LogP contribution is 2.30. The molecule has 0 amide bonds. The van der Waals surface area contributed by atoms with Crippen LogP contribution in [0.15, 0.2) is 18.2 Å². The number of carbonyl (C=O) groups is 1. The molecular formula is C16H23NO7. The van der Waals surface area contributed by atoms with E-state index >= 15 is 0 Å². The first kappa shape index (κ1) is 18.5. The lowest BCUT2D eigenvalue weighted by Crippen LogP contribution is -2.51. The highest BCUT2D eigenvalue weighted by Gasteiger charge is 2.37. The lowest BCUT2D eigenvalue weighted by Gasteiger charge is -2.36. The van der Waals surface area contributed by atoms with Crippen molar-refractivity contribution in [3.05, 3.63) is 23.8 Å². The average Bonchev–Trinajstić information content (AvgIpc) is 2.56. The summed E-state index contributed by atoms with van der Waals surface area (Å²) in [7, 11) is 1.72. The fraction of sp³-hybridized carbons (Fsp3) is 0.562. The maximum Gasteiger partial charge on any atom is 0.302 e. The van der Waals surface area contributed by atoms with Gasteiger partial charge in [0, 0.05) is 20.4 Å². The molecular weight excluding hydrogens is 318 g/mol. The van der Waals surface area contributed by atoms with Crippen molar-refractivity contribution < 1.29 is 34.3 Å². The van der Waals surface area contributed by atoms with Crippen molar-refractivity contribution in [1.29, 1.82) is 0 Å². The molecule has 0 aromatic heterocycles. The van der Waals surface area contributed by atoms with E-state index in [1.165, 1.54) is 6.92 Å². The van der Waals surface area contributed by atoms with Crippen LogP contribution in [-0.4, -0.2) is 59.5 Å². The second-order valence-electron chi connectivity index (χ2n) is 5.56. The van der Waals surface area contributed by atoms with E-state index < -0.39 is 31.2 Å². The minimum absolute atomic E-state index is 0.0794. The highest BCUT2D eigenvalue weighted by molar-refractivity contribution is 5.66. The van der Waals surface area contributed by atoms with Gasteiger partial charge in [-0.3, -0.25) is 4.79 Å². The summed E-state index contributed by atoms with van der Waals surface area (Å²) in [6.45, 7) is 1.08. The fourth-order valence-electron chi connectivity index (χ4n) is 2.43. The van der Waals surface area contributed by atoms with Gasteiger partial charge in [-0.25, -0.2) is 0 Å². The molecule has 4 atom stereocenters. The predicted molar refractivity (Wildman–Crippen MR) is 84.5 cm³/mol. The number of anilines is 1. The molecule has 4 N–H and O–H groups in total. The molecule has 4 unspecified atom stereocenters. The quantitative estimate of drug-likeness (QED) is 0.534. The Hall–Kier alpha value is -1.87. The van der Waals surface area contributed by atoms with E-state index in [-0.39, 0.29) is 19.0 Å². The number of nitrogens with one attached hydrogen (secondary N) is 1. The van der Waals surface area contributed by atoms with Crippen LogP contribution in [0, 0.1) is 0 Å². The molecule has 1 heterocycles. The van der Waals surface area contributed by atoms with E-state index in [4.69, 9.17) is 14.2 Å². The van der Waals surface area contributed by atoms with Gasteiger partial charge in [0.15, 0.2) is 0 Å². The molecule has 8 heteroatoms. The predicted octanol–water partition coefficient (Wildman–Crippen LogP) is -0.000700. The number of rotatable bonds is 6. The topological polar surface area (TPSA) is 117 Å². The van der Waals surface area contributed by atoms with Crippen molar-refractivity contribution in [2.75, 3.05) is 19.0 Å². The van der Waals surface area contributed by atoms with Crippen LogP contribution in [0.3, 0.4) is 0 Å². The number of aliphatic hydroxyl groups excluding tert-OH is 3. The van der Waals surface area contributed by atoms with Gasteiger partial charge in [0.1, 0.15) is 24.6 Å². The standard InChI is InChI=1S/C16H23NO7/c1-9(19)22-8-10-3-4-13(11(5-10)17-2)23-15-6-12(20)16(21)14(7-18)24-15/h3-5,12,14-18,20-21H,6-8H2,1-2H3. The van der Waals surface area contributed by atoms with Gasteiger partial charge in [-0.2, -0.15) is 0 Å². The van der Waals surface area contributed by atoms with Crippen LogP contribution in [-0.2, 0) is 20.9 Å². The zero-order valence-electron chi connectivity index (χ0n) is 13.6. The first-order valence-electron chi connectivity index (χ1n) is 7.67. The van der Waals surface area contributed by atoms with Crippen LogP contribution in [0.25, 0.3) is 0 Å². The minimum Gasteiger partial charge on any atom is -0.463 e. The Morgan fingerprint density at radius 2 is 2.17 bits per heavy atom. The third-order valence-electron chi connectivity index (χ3n) is 3.73. The lowest BCUT2D eigenvalue weighted by atomic mass is 10.0. The Balaban J connectivity index is 2.07. The molecule has 1 aromatic rings. The van der Waals surface area contributed by atoms with E-state index in [0.717, 1.165) is 5.56 Å². The van der Waals surface area contributed by atoms with E-state index in [0.29, 0.717) is 11.4 Å². The van der Waals surface area contributed by atoms with Crippen molar-refractivity contribution in [2.45, 2.75) is 44.6 Å². The van der Waals surface area contributed by atoms with Crippen molar-refractivity contribution >= 4 is 11.7 Å². The van der Waals surface area contributed by atoms with E-state index in [1.54, 1.807) is 25.2 Å². The summed E-state index contributed by atoms with van der Waals surface area (Å²) in [5, 5.41) is 31.7. The van der Waals surface area contributed by atoms with Crippen LogP contribution < -0.4 is 10.1 Å². The Morgan fingerprint density at radius 3 is 2.79 bits per heavy atom. The lowest BCUT2D eigenvalue weighted by molar-refractivity contribution is -0.229. The number of benzene rings is 1. The second-order valence-corrected chi connectivity index (χ2v) is 5.56. The molecule has 0 spiro atoms. The van der Waals surface area contributed by atoms with Crippen LogP contribution in [0.5, 0.6) is 5.75 Å². The maximum absolute atomic E-state index is 10.9. The molecule has 0 bridgehead atoms. The smallest absolute Gasteiger partial charge is 0.302 e. The molecule has 1 aliphatic heterocycles. The monoisotopic (exact) mass is 341 g/mol. The zero-order valence-corrected chi connectivity index (χ0v) is 13.6. The van der Waals surface area contributed by atoms with Crippen molar-refractivity contribution in [1.82, 2.24) is 0 Å². The van der Waals surface area contributed by atoms with Gasteiger partial charge in [0.2, 0.25) is 6.29 Å². The van der Waals surface area contributed by atoms with Gasteiger partial charge < -0.3 is 34.8 Å². The van der Waals surface area contributed by atoms with Crippen molar-refractivity contribution in [3.8, 4) is 5.75 Å². The number of ether oxygens (including phenoxy) is 3. The number of hydrogen-bond donors (Lipinski definition) is 4. The zero-order chi connectivity index (χ0) is 17.7. The molecule has 1 saturated heterocycles. The molecule has 1 fully saturated rings. The Morgan fingerprint density at radius 1 is 1.42 bits per heavy atom. The first-order chi connectivity index (χ1) is 11.4. The molecule has 0 radical (unpaired) electrons. The van der Waals surface area contributed by atoms with Gasteiger partial charge >= 0.3 is 5.97 Å². The largest absolute Gasteiger partial charge is 0.463 e. The van der Waals surface area contributed by atoms with Gasteiger partial charge in [0.25, 0.3) is 0 Å². The molecule has 24 heavy (non-hydrogen) atoms. The third kappa shape index (κ3) is 4.57. The van der Waals surface area contributed by atoms with E-state index in [2.05, 4.69) is 5.32 Å². The SMILES string of the molecule is CNc1cc(COC(C)=O)ccc1OC1CC(O)C(O)C(CO)O1. The summed E-state index contributed by atoms with van der Waals surface area (Å²) >= 11 is 0. The van der Waals surface area contributed by atoms with Crippen molar-refractivity contribution in [3.63, 3.8) is 0 Å². The van der Waals surface area contributed by atoms with Gasteiger partial charge in [0.05, 0.1) is 18.4 Å². The summed E-state index contributed by atoms with van der Waals surface area (Å²) in [4.78, 5) is 10.9. The summed E-state index contributed by atoms with van der Waals surface area (Å²) in [5.41, 5.74) is 1.44. The summed E-state index contributed by atoms with van der Waals surface area (Å²) < 4.78 is 16.1. The van der Waals surface area contributed by atoms with Gasteiger partial charge in [-0.1, -0.05) is 6.07 Å². The molecule has 134 valence electrons. The summed E-state index contributed by atoms with van der Waals surface area (Å²) in [5.74, 6) is 0.119. The molecule has 2 rings (SSSR count). The number of hydrogen-bond acceptors (Lipinski definition) is 8. The Labute approximate surface area is 140 Å². The van der Waals surface area contributed by atoms with Gasteiger partial charge in [-0.15, -0.1) is 0 Å². The Bertz CT molecular complexity index is 565. The summed E-state index contributed by atoms with van der Waals surface area (Å²) in [6.07, 6.45) is -3.81. The molecule has 0 aliphatic carbocycles. The number of aliphatic hydroxyl groups is 3. The van der Waals surface area contributed by atoms with Crippen LogP contribution in [0.4, 0.5) is 5.69 Å². The first-order valence-corrected chi connectivity index (χ1v) is 7.67. The number of esters is 1. The molecule has 8 nitrogen and oxygen atoms in total. The fourth-order valence-corrected chi connectivity index (χ4v) is 2.43. The minimum atomic E-state index is -1.15. The molecule has 0 saturated carbocycles. The maximum atomic E-state index is 10.9. The average molecular weight is 341 g/mol. The van der Waals surface area contributed by atoms with Crippen LogP contribution >= 0.6 is 0 Å². The molecule has 1 aliphatic rings. The summed E-state index contributed by atoms with van der Waals surface area (Å²) in [6, 6.07) is 5.21. The third-order valence-corrected chi connectivity index (χ3v) is 3.73. The van der Waals surface area contributed by atoms with Crippen LogP contribution in [0.2, 0.25) is 0 Å². The van der Waals surface area contributed by atoms with Crippen LogP contribution in [0.1, 0.15) is 18.9 Å². The normalized spacial score (nSPS) is 26.7. The van der Waals surface area contributed by atoms with E-state index in [1.807, 2.05) is 0 Å². The molecule has 1 aromatic carbocycles. The Kier molecular flexibility index (Phi) is 6.38. The second kappa shape index (κ2) is 8.29. The highest BCUT2D eigenvalue weighted by atomic mass is 16.7. The van der Waals surface area contributed by atoms with Gasteiger partial charge in [-0.05, 0) is 17.7 Å². The van der Waals surface area contributed by atoms with Crippen molar-refractivity contribution in [2.24, 2.45) is 0 Å². The van der Waals surface area contributed by atoms with E-state index in [9.17, 15) is 20.1 Å².